The van der Waals surface area contributed by atoms with E-state index < -0.39 is 6.35 Å². The third-order valence-corrected chi connectivity index (χ3v) is 5.63. The second-order valence-electron chi connectivity index (χ2n) is 8.25. The van der Waals surface area contributed by atoms with Gasteiger partial charge in [-0.15, -0.1) is 0 Å². The monoisotopic (exact) mass is 438 g/mol. The number of nitrogens with one attached hydrogen (secondary N) is 3. The lowest BCUT2D eigenvalue weighted by molar-refractivity contribution is 0.137. The van der Waals surface area contributed by atoms with Crippen molar-refractivity contribution in [3.05, 3.63) is 53.1 Å². The van der Waals surface area contributed by atoms with Crippen LogP contribution in [-0.4, -0.2) is 46.8 Å². The highest BCUT2D eigenvalue weighted by atomic mass is 16.3. The molecule has 32 heavy (non-hydrogen) atoms. The van der Waals surface area contributed by atoms with Crippen molar-refractivity contribution in [2.45, 2.75) is 58.0 Å². The molecule has 9 nitrogen and oxygen atoms in total. The minimum atomic E-state index is -0.793. The average Bonchev–Trinajstić information content (AvgIpc) is 2.75. The molecule has 1 aliphatic rings. The van der Waals surface area contributed by atoms with Gasteiger partial charge in [0.15, 0.2) is 6.35 Å². The molecule has 3 rings (SSSR count). The molecule has 8 N–H and O–H groups in total. The fourth-order valence-corrected chi connectivity index (χ4v) is 3.97. The van der Waals surface area contributed by atoms with Crippen molar-refractivity contribution >= 4 is 23.4 Å². The first-order valence-electron chi connectivity index (χ1n) is 10.9. The van der Waals surface area contributed by atoms with E-state index in [0.29, 0.717) is 17.2 Å². The van der Waals surface area contributed by atoms with Crippen LogP contribution in [0.5, 0.6) is 0 Å². The number of aliphatic hydroxyl groups is 1. The quantitative estimate of drug-likeness (QED) is 0.271. The van der Waals surface area contributed by atoms with Crippen LogP contribution < -0.4 is 27.4 Å². The zero-order chi connectivity index (χ0) is 23.1. The molecule has 0 bridgehead atoms. The van der Waals surface area contributed by atoms with E-state index in [1.807, 2.05) is 19.1 Å². The van der Waals surface area contributed by atoms with Crippen molar-refractivity contribution < 1.29 is 5.11 Å². The minimum absolute atomic E-state index is 0.167. The van der Waals surface area contributed by atoms with Gasteiger partial charge in [0.2, 0.25) is 5.95 Å². The third kappa shape index (κ3) is 6.41. The standard InChI is InChI=1S/C23H34N8O/c1-14-4-9-19(15(2)12-14)31-23(32)29-17-7-5-16(6-8-17)28-22-27-11-10-20(30-22)18(13-26-3)21(24)25/h4,9-13,16-17,23,29,31-32H,5-8,24-25H2,1-3H3,(H,27,28,30)/b26-13-. The zero-order valence-electron chi connectivity index (χ0n) is 19.0. The third-order valence-electron chi connectivity index (χ3n) is 5.63. The van der Waals surface area contributed by atoms with Gasteiger partial charge in [-0.05, 0) is 57.2 Å². The number of nitrogens with zero attached hydrogens (tertiary/aromatic N) is 3. The molecular formula is C23H34N8O. The lowest BCUT2D eigenvalue weighted by atomic mass is 9.91. The van der Waals surface area contributed by atoms with E-state index in [1.165, 1.54) is 5.56 Å². The number of rotatable bonds is 8. The molecule has 1 atom stereocenters. The van der Waals surface area contributed by atoms with Gasteiger partial charge in [-0.1, -0.05) is 17.7 Å². The fourth-order valence-electron chi connectivity index (χ4n) is 3.97. The minimum Gasteiger partial charge on any atom is -0.385 e. The molecule has 1 aromatic carbocycles. The van der Waals surface area contributed by atoms with E-state index >= 15 is 0 Å². The summed E-state index contributed by atoms with van der Waals surface area (Å²) in [5.41, 5.74) is 16.0. The lowest BCUT2D eigenvalue weighted by Gasteiger charge is -2.31. The maximum atomic E-state index is 10.4. The first-order valence-corrected chi connectivity index (χ1v) is 10.9. The van der Waals surface area contributed by atoms with Gasteiger partial charge in [0, 0.05) is 37.2 Å². The Kier molecular flexibility index (Phi) is 8.02. The Morgan fingerprint density at radius 3 is 2.53 bits per heavy atom. The Morgan fingerprint density at radius 2 is 1.88 bits per heavy atom. The summed E-state index contributed by atoms with van der Waals surface area (Å²) in [7, 11) is 1.66. The number of aryl methyl sites for hydroxylation is 2. The summed E-state index contributed by atoms with van der Waals surface area (Å²) < 4.78 is 0. The smallest absolute Gasteiger partial charge is 0.223 e. The van der Waals surface area contributed by atoms with Gasteiger partial charge in [0.05, 0.1) is 11.3 Å². The van der Waals surface area contributed by atoms with E-state index in [0.717, 1.165) is 36.9 Å². The molecule has 1 heterocycles. The maximum absolute atomic E-state index is 10.4. The summed E-state index contributed by atoms with van der Waals surface area (Å²) >= 11 is 0. The molecule has 1 fully saturated rings. The van der Waals surface area contributed by atoms with Crippen LogP contribution in [0.15, 0.2) is 41.3 Å². The van der Waals surface area contributed by atoms with Gasteiger partial charge < -0.3 is 27.2 Å². The number of hydrogen-bond acceptors (Lipinski definition) is 9. The Balaban J connectivity index is 1.51. The van der Waals surface area contributed by atoms with Crippen LogP contribution in [0.4, 0.5) is 11.6 Å². The molecule has 1 unspecified atom stereocenters. The molecule has 9 heteroatoms. The number of nitrogens with two attached hydrogens (primary N) is 2. The van der Waals surface area contributed by atoms with Crippen LogP contribution in [-0.2, 0) is 0 Å². The predicted molar refractivity (Wildman–Crippen MR) is 130 cm³/mol. The van der Waals surface area contributed by atoms with Crippen molar-refractivity contribution in [3.63, 3.8) is 0 Å². The van der Waals surface area contributed by atoms with Crippen molar-refractivity contribution in [2.75, 3.05) is 17.7 Å². The number of aromatic nitrogens is 2. The SMILES string of the molecule is C/N=C\C(=C(N)N)c1ccnc(NC2CCC(NC(O)Nc3ccc(C)cc3C)CC2)n1. The van der Waals surface area contributed by atoms with E-state index in [-0.39, 0.29) is 17.9 Å². The van der Waals surface area contributed by atoms with Crippen LogP contribution in [0.2, 0.25) is 0 Å². The Bertz CT molecular complexity index is 962. The number of hydrogen-bond donors (Lipinski definition) is 6. The highest BCUT2D eigenvalue weighted by molar-refractivity contribution is 6.09. The summed E-state index contributed by atoms with van der Waals surface area (Å²) in [6, 6.07) is 8.38. The van der Waals surface area contributed by atoms with E-state index in [1.54, 1.807) is 25.5 Å². The molecule has 0 radical (unpaired) electrons. The summed E-state index contributed by atoms with van der Waals surface area (Å²) in [5, 5.41) is 20.3. The molecule has 2 aromatic rings. The number of benzene rings is 1. The number of aliphatic imine (C=N–C) groups is 1. The van der Waals surface area contributed by atoms with Crippen LogP contribution in [0.1, 0.15) is 42.5 Å². The van der Waals surface area contributed by atoms with Gasteiger partial charge in [0.25, 0.3) is 0 Å². The van der Waals surface area contributed by atoms with Gasteiger partial charge in [-0.3, -0.25) is 10.3 Å². The molecule has 1 aliphatic carbocycles. The molecule has 0 aliphatic heterocycles. The number of allylic oxidation sites excluding steroid dienone is 1. The topological polar surface area (TPSA) is 146 Å². The first-order chi connectivity index (χ1) is 15.4. The number of anilines is 2. The van der Waals surface area contributed by atoms with Crippen LogP contribution in [0, 0.1) is 13.8 Å². The molecule has 1 saturated carbocycles. The maximum Gasteiger partial charge on any atom is 0.223 e. The van der Waals surface area contributed by atoms with Crippen molar-refractivity contribution in [1.82, 2.24) is 15.3 Å². The number of aliphatic hydroxyl groups excluding tert-OH is 1. The van der Waals surface area contributed by atoms with E-state index in [9.17, 15) is 5.11 Å². The zero-order valence-corrected chi connectivity index (χ0v) is 19.0. The van der Waals surface area contributed by atoms with Gasteiger partial charge in [-0.2, -0.15) is 0 Å². The summed E-state index contributed by atoms with van der Waals surface area (Å²) in [6.45, 7) is 4.09. The highest BCUT2D eigenvalue weighted by Crippen LogP contribution is 2.23. The van der Waals surface area contributed by atoms with Crippen LogP contribution in [0.25, 0.3) is 5.57 Å². The molecule has 1 aromatic heterocycles. The highest BCUT2D eigenvalue weighted by Gasteiger charge is 2.23. The average molecular weight is 439 g/mol. The van der Waals surface area contributed by atoms with Crippen LogP contribution in [0.3, 0.4) is 0 Å². The van der Waals surface area contributed by atoms with Crippen molar-refractivity contribution in [3.8, 4) is 0 Å². The van der Waals surface area contributed by atoms with Gasteiger partial charge in [0.1, 0.15) is 5.82 Å². The first kappa shape index (κ1) is 23.5. The molecular weight excluding hydrogens is 404 g/mol. The normalized spacial score (nSPS) is 19.5. The Hall–Kier alpha value is -3.17. The van der Waals surface area contributed by atoms with Crippen molar-refractivity contribution in [2.24, 2.45) is 16.5 Å². The molecule has 172 valence electrons. The van der Waals surface area contributed by atoms with E-state index in [2.05, 4.69) is 43.9 Å². The largest absolute Gasteiger partial charge is 0.385 e. The Labute approximate surface area is 189 Å². The van der Waals surface area contributed by atoms with Crippen molar-refractivity contribution in [1.29, 1.82) is 0 Å². The molecule has 0 spiro atoms. The Morgan fingerprint density at radius 1 is 1.16 bits per heavy atom. The summed E-state index contributed by atoms with van der Waals surface area (Å²) in [4.78, 5) is 12.9. The second kappa shape index (κ2) is 10.9. The van der Waals surface area contributed by atoms with E-state index in [4.69, 9.17) is 11.5 Å². The van der Waals surface area contributed by atoms with Gasteiger partial charge in [-0.25, -0.2) is 9.97 Å². The summed E-state index contributed by atoms with van der Waals surface area (Å²) in [6.07, 6.45) is 6.24. The molecule has 0 amide bonds. The van der Waals surface area contributed by atoms with Gasteiger partial charge >= 0.3 is 0 Å². The fraction of sp³-hybridized carbons (Fsp3) is 0.435. The summed E-state index contributed by atoms with van der Waals surface area (Å²) in [5.74, 6) is 0.707. The predicted octanol–water partition coefficient (Wildman–Crippen LogP) is 2.08. The molecule has 0 saturated heterocycles. The lowest BCUT2D eigenvalue weighted by Crippen LogP contribution is -2.46. The second-order valence-corrected chi connectivity index (χ2v) is 8.25. The van der Waals surface area contributed by atoms with Crippen LogP contribution >= 0.6 is 0 Å².